The molecule has 0 aromatic heterocycles. The fourth-order valence-corrected chi connectivity index (χ4v) is 6.87. The zero-order valence-electron chi connectivity index (χ0n) is 21.5. The summed E-state index contributed by atoms with van der Waals surface area (Å²) in [7, 11) is 0. The number of anilines is 1. The van der Waals surface area contributed by atoms with E-state index in [9.17, 15) is 24.5 Å². The predicted molar refractivity (Wildman–Crippen MR) is 150 cm³/mol. The number of benzene rings is 4. The normalized spacial score (nSPS) is 23.7. The molecule has 3 amide bonds. The Bertz CT molecular complexity index is 1740. The number of hydrogen-bond acceptors (Lipinski definition) is 6. The molecule has 1 saturated heterocycles. The van der Waals surface area contributed by atoms with Gasteiger partial charge in [0.1, 0.15) is 0 Å². The number of nitro benzene ring substituents is 1. The SMILES string of the molecule is O=C(N/N=C\C12c3ccccc3C(c3ccccc31)[C@@H]1C(=O)N(c3ccccc3)C(=O)[C@H]12)c1ccc([N+](=O)[O-])cc1. The Morgan fingerprint density at radius 2 is 1.41 bits per heavy atom. The quantitative estimate of drug-likeness (QED) is 0.171. The van der Waals surface area contributed by atoms with Gasteiger partial charge in [0.05, 0.1) is 27.9 Å². The highest BCUT2D eigenvalue weighted by atomic mass is 16.6. The lowest BCUT2D eigenvalue weighted by Gasteiger charge is -2.52. The zero-order valence-corrected chi connectivity index (χ0v) is 21.5. The first-order valence-corrected chi connectivity index (χ1v) is 13.1. The van der Waals surface area contributed by atoms with Gasteiger partial charge in [-0.25, -0.2) is 10.3 Å². The molecule has 2 bridgehead atoms. The Morgan fingerprint density at radius 1 is 0.829 bits per heavy atom. The lowest BCUT2D eigenvalue weighted by Crippen LogP contribution is -2.54. The van der Waals surface area contributed by atoms with E-state index >= 15 is 0 Å². The number of hydrogen-bond donors (Lipinski definition) is 1. The van der Waals surface area contributed by atoms with Crippen LogP contribution in [0.5, 0.6) is 0 Å². The Morgan fingerprint density at radius 3 is 2.02 bits per heavy atom. The molecule has 1 fully saturated rings. The highest BCUT2D eigenvalue weighted by molar-refractivity contribution is 6.25. The van der Waals surface area contributed by atoms with E-state index in [1.165, 1.54) is 29.2 Å². The van der Waals surface area contributed by atoms with E-state index in [2.05, 4.69) is 10.5 Å². The van der Waals surface area contributed by atoms with Crippen molar-refractivity contribution in [2.24, 2.45) is 16.9 Å². The van der Waals surface area contributed by atoms with Crippen LogP contribution in [0.4, 0.5) is 11.4 Å². The lowest BCUT2D eigenvalue weighted by atomic mass is 9.47. The average molecular weight is 543 g/mol. The molecule has 1 aliphatic heterocycles. The lowest BCUT2D eigenvalue weighted by molar-refractivity contribution is -0.384. The molecule has 41 heavy (non-hydrogen) atoms. The molecule has 3 aliphatic carbocycles. The Kier molecular flexibility index (Phi) is 5.43. The number of nitro groups is 1. The molecule has 4 aromatic rings. The zero-order chi connectivity index (χ0) is 28.3. The van der Waals surface area contributed by atoms with E-state index in [1.807, 2.05) is 54.6 Å². The summed E-state index contributed by atoms with van der Waals surface area (Å²) in [6.45, 7) is 0. The van der Waals surface area contributed by atoms with Crippen LogP contribution >= 0.6 is 0 Å². The summed E-state index contributed by atoms with van der Waals surface area (Å²) >= 11 is 0. The summed E-state index contributed by atoms with van der Waals surface area (Å²) < 4.78 is 0. The predicted octanol–water partition coefficient (Wildman–Crippen LogP) is 4.56. The molecule has 1 heterocycles. The fourth-order valence-electron chi connectivity index (χ4n) is 6.87. The standard InChI is InChI=1S/C32H22N4O5/c37-29(19-14-16-21(17-15-19)36(40)41)34-33-18-32-24-12-6-4-10-22(24)26(23-11-5-7-13-25(23)32)27-28(32)31(39)35(30(27)38)20-8-2-1-3-9-20/h1-18,26-28H,(H,34,37)/b33-18-/t26?,27-,28-,32?/m0/s1. The van der Waals surface area contributed by atoms with Crippen molar-refractivity contribution in [3.05, 3.63) is 141 Å². The first-order valence-electron chi connectivity index (χ1n) is 13.1. The van der Waals surface area contributed by atoms with Crippen LogP contribution in [0.15, 0.2) is 108 Å². The Balaban J connectivity index is 1.36. The molecule has 8 rings (SSSR count). The molecular formula is C32H22N4O5. The smallest absolute Gasteiger partial charge is 0.271 e. The largest absolute Gasteiger partial charge is 0.274 e. The van der Waals surface area contributed by atoms with Gasteiger partial charge in [-0.3, -0.25) is 24.5 Å². The maximum Gasteiger partial charge on any atom is 0.271 e. The second-order valence-electron chi connectivity index (χ2n) is 10.4. The Hall–Kier alpha value is -5.44. The first kappa shape index (κ1) is 24.6. The van der Waals surface area contributed by atoms with Crippen molar-refractivity contribution in [1.29, 1.82) is 0 Å². The molecule has 9 heteroatoms. The van der Waals surface area contributed by atoms with Crippen molar-refractivity contribution in [1.82, 2.24) is 5.43 Å². The van der Waals surface area contributed by atoms with Crippen LogP contribution in [-0.2, 0) is 15.0 Å². The van der Waals surface area contributed by atoms with Gasteiger partial charge in [-0.15, -0.1) is 0 Å². The minimum atomic E-state index is -1.12. The fraction of sp³-hybridized carbons (Fsp3) is 0.125. The number of hydrazone groups is 1. The number of rotatable bonds is 5. The van der Waals surface area contributed by atoms with E-state index in [4.69, 9.17) is 0 Å². The molecule has 9 nitrogen and oxygen atoms in total. The van der Waals surface area contributed by atoms with Gasteiger partial charge in [0, 0.05) is 29.8 Å². The van der Waals surface area contributed by atoms with Crippen molar-refractivity contribution >= 4 is 35.3 Å². The number of para-hydroxylation sites is 1. The number of non-ortho nitro benzene ring substituents is 1. The van der Waals surface area contributed by atoms with Gasteiger partial charge < -0.3 is 0 Å². The minimum absolute atomic E-state index is 0.130. The third kappa shape index (κ3) is 3.42. The van der Waals surface area contributed by atoms with Crippen LogP contribution in [0.2, 0.25) is 0 Å². The van der Waals surface area contributed by atoms with E-state index in [0.29, 0.717) is 5.69 Å². The number of amides is 3. The maximum atomic E-state index is 14.3. The topological polar surface area (TPSA) is 122 Å². The summed E-state index contributed by atoms with van der Waals surface area (Å²) in [5.41, 5.74) is 5.64. The van der Waals surface area contributed by atoms with E-state index in [-0.39, 0.29) is 29.0 Å². The number of nitrogens with one attached hydrogen (secondary N) is 1. The molecule has 0 radical (unpaired) electrons. The van der Waals surface area contributed by atoms with Crippen LogP contribution in [0.25, 0.3) is 0 Å². The molecule has 0 spiro atoms. The van der Waals surface area contributed by atoms with Crippen LogP contribution in [0.3, 0.4) is 0 Å². The monoisotopic (exact) mass is 542 g/mol. The molecular weight excluding hydrogens is 520 g/mol. The van der Waals surface area contributed by atoms with Crippen molar-refractivity contribution in [3.63, 3.8) is 0 Å². The van der Waals surface area contributed by atoms with E-state index in [1.54, 1.807) is 30.5 Å². The van der Waals surface area contributed by atoms with E-state index in [0.717, 1.165) is 22.3 Å². The molecule has 4 aliphatic rings. The number of imide groups is 1. The highest BCUT2D eigenvalue weighted by Crippen LogP contribution is 2.63. The van der Waals surface area contributed by atoms with Crippen molar-refractivity contribution in [2.75, 3.05) is 4.90 Å². The summed E-state index contributed by atoms with van der Waals surface area (Å²) in [5.74, 6) is -2.85. The summed E-state index contributed by atoms with van der Waals surface area (Å²) in [5, 5.41) is 15.4. The third-order valence-corrected chi connectivity index (χ3v) is 8.47. The van der Waals surface area contributed by atoms with Crippen LogP contribution < -0.4 is 10.3 Å². The summed E-state index contributed by atoms with van der Waals surface area (Å²) in [6, 6.07) is 29.7. The highest BCUT2D eigenvalue weighted by Gasteiger charge is 2.68. The van der Waals surface area contributed by atoms with Gasteiger partial charge in [-0.1, -0.05) is 66.7 Å². The van der Waals surface area contributed by atoms with Crippen LogP contribution in [0.1, 0.15) is 38.5 Å². The summed E-state index contributed by atoms with van der Waals surface area (Å²) in [6.07, 6.45) is 1.58. The molecule has 200 valence electrons. The van der Waals surface area contributed by atoms with Gasteiger partial charge >= 0.3 is 0 Å². The first-order chi connectivity index (χ1) is 19.9. The second kappa shape index (κ2) is 9.06. The van der Waals surface area contributed by atoms with E-state index < -0.39 is 28.1 Å². The number of carbonyl (C=O) groups excluding carboxylic acids is 3. The maximum absolute atomic E-state index is 14.3. The van der Waals surface area contributed by atoms with Gasteiger partial charge in [-0.2, -0.15) is 5.10 Å². The number of nitrogens with zero attached hydrogens (tertiary/aromatic N) is 3. The van der Waals surface area contributed by atoms with Crippen LogP contribution in [0, 0.1) is 22.0 Å². The van der Waals surface area contributed by atoms with Gasteiger partial charge in [0.15, 0.2) is 0 Å². The molecule has 1 N–H and O–H groups in total. The van der Waals surface area contributed by atoms with Crippen molar-refractivity contribution in [2.45, 2.75) is 11.3 Å². The van der Waals surface area contributed by atoms with Crippen LogP contribution in [-0.4, -0.2) is 28.9 Å². The average Bonchev–Trinajstić information content (AvgIpc) is 3.28. The molecule has 4 aromatic carbocycles. The van der Waals surface area contributed by atoms with Gasteiger partial charge in [0.2, 0.25) is 11.8 Å². The van der Waals surface area contributed by atoms with Gasteiger partial charge in [-0.05, 0) is 46.5 Å². The Labute approximate surface area is 234 Å². The van der Waals surface area contributed by atoms with Gasteiger partial charge in [0.25, 0.3) is 11.6 Å². The molecule has 0 saturated carbocycles. The second-order valence-corrected chi connectivity index (χ2v) is 10.4. The molecule has 0 unspecified atom stereocenters. The third-order valence-electron chi connectivity index (χ3n) is 8.47. The van der Waals surface area contributed by atoms with Crippen molar-refractivity contribution < 1.29 is 19.3 Å². The molecule has 2 atom stereocenters. The van der Waals surface area contributed by atoms with Crippen molar-refractivity contribution in [3.8, 4) is 0 Å². The number of carbonyl (C=O) groups is 3. The minimum Gasteiger partial charge on any atom is -0.274 e. The summed E-state index contributed by atoms with van der Waals surface area (Å²) in [4.78, 5) is 53.0.